The summed E-state index contributed by atoms with van der Waals surface area (Å²) in [6.45, 7) is 0.490. The van der Waals surface area contributed by atoms with Gasteiger partial charge < -0.3 is 15.0 Å². The predicted octanol–water partition coefficient (Wildman–Crippen LogP) is 4.63. The number of alkyl halides is 3. The molecule has 0 aromatic heterocycles. The Morgan fingerprint density at radius 3 is 2.38 bits per heavy atom. The Morgan fingerprint density at radius 2 is 1.73 bits per heavy atom. The van der Waals surface area contributed by atoms with Crippen molar-refractivity contribution in [3.63, 3.8) is 0 Å². The maximum Gasteiger partial charge on any atom is 0.430 e. The molecule has 0 saturated carbocycles. The van der Waals surface area contributed by atoms with Crippen molar-refractivity contribution >= 4 is 11.8 Å². The Kier molecular flexibility index (Phi) is 6.54. The quantitative estimate of drug-likeness (QED) is 0.601. The lowest BCUT2D eigenvalue weighted by atomic mass is 9.62. The molecule has 5 rings (SSSR count). The van der Waals surface area contributed by atoms with Gasteiger partial charge in [-0.2, -0.15) is 13.2 Å². The van der Waals surface area contributed by atoms with E-state index in [1.165, 1.54) is 29.2 Å². The van der Waals surface area contributed by atoms with E-state index in [-0.39, 0.29) is 42.7 Å². The number of amides is 2. The molecule has 0 radical (unpaired) electrons. The van der Waals surface area contributed by atoms with Gasteiger partial charge in [0.05, 0.1) is 0 Å². The van der Waals surface area contributed by atoms with E-state index < -0.39 is 23.1 Å². The summed E-state index contributed by atoms with van der Waals surface area (Å²) in [5.74, 6) is -1.76. The largest absolute Gasteiger partial charge is 0.430 e. The van der Waals surface area contributed by atoms with Gasteiger partial charge in [-0.15, -0.1) is 0 Å². The van der Waals surface area contributed by atoms with Crippen LogP contribution in [-0.2, 0) is 32.8 Å². The SMILES string of the molecule is CO[C@](C(=O)N1CCC2(CC1)CC(=O)NC[C@H]2c1ccc(F)cc1)(c1ccc2c(c1)CCC2)C(F)(F)F. The van der Waals surface area contributed by atoms with Gasteiger partial charge in [-0.05, 0) is 66.3 Å². The number of hydrogen-bond acceptors (Lipinski definition) is 3. The van der Waals surface area contributed by atoms with E-state index in [1.807, 2.05) is 0 Å². The van der Waals surface area contributed by atoms with Crippen LogP contribution in [0.5, 0.6) is 0 Å². The fourth-order valence-electron chi connectivity index (χ4n) is 6.53. The van der Waals surface area contributed by atoms with E-state index in [1.54, 1.807) is 18.2 Å². The molecule has 2 saturated heterocycles. The number of piperidine rings is 2. The molecule has 0 unspecified atom stereocenters. The first kappa shape index (κ1) is 25.7. The van der Waals surface area contributed by atoms with Crippen molar-refractivity contribution in [2.75, 3.05) is 26.7 Å². The van der Waals surface area contributed by atoms with E-state index in [0.29, 0.717) is 25.8 Å². The zero-order chi connectivity index (χ0) is 26.4. The molecule has 37 heavy (non-hydrogen) atoms. The van der Waals surface area contributed by atoms with Crippen LogP contribution in [0.25, 0.3) is 0 Å². The molecule has 2 amide bonds. The molecule has 2 atom stereocenters. The average molecular weight is 519 g/mol. The van der Waals surface area contributed by atoms with Gasteiger partial charge in [-0.3, -0.25) is 9.59 Å². The van der Waals surface area contributed by atoms with Crippen molar-refractivity contribution in [3.05, 3.63) is 70.5 Å². The predicted molar refractivity (Wildman–Crippen MR) is 128 cm³/mol. The number of hydrogen-bond donors (Lipinski definition) is 1. The number of fused-ring (bicyclic) bond motifs is 1. The Morgan fingerprint density at radius 1 is 1.05 bits per heavy atom. The van der Waals surface area contributed by atoms with Gasteiger partial charge in [-0.25, -0.2) is 4.39 Å². The average Bonchev–Trinajstić information content (AvgIpc) is 3.33. The molecule has 5 nitrogen and oxygen atoms in total. The van der Waals surface area contributed by atoms with Crippen LogP contribution in [0.1, 0.15) is 53.9 Å². The van der Waals surface area contributed by atoms with Crippen LogP contribution < -0.4 is 5.32 Å². The number of methoxy groups -OCH3 is 1. The van der Waals surface area contributed by atoms with E-state index >= 15 is 0 Å². The standard InChI is InChI=1S/C28H30F4N2O3/c1-37-27(28(30,31)32,21-8-5-18-3-2-4-20(18)15-21)25(36)34-13-11-26(12-14-34)16-24(35)33-17-23(26)19-6-9-22(29)10-7-19/h5-10,15,23H,2-4,11-14,16-17H2,1H3,(H,33,35)/t23-,27-/m0/s1. The summed E-state index contributed by atoms with van der Waals surface area (Å²) in [5.41, 5.74) is -1.14. The highest BCUT2D eigenvalue weighted by Crippen LogP contribution is 2.50. The third kappa shape index (κ3) is 4.31. The highest BCUT2D eigenvalue weighted by atomic mass is 19.4. The number of aryl methyl sites for hydroxylation is 2. The molecule has 198 valence electrons. The summed E-state index contributed by atoms with van der Waals surface area (Å²) in [6.07, 6.45) is -1.69. The van der Waals surface area contributed by atoms with Crippen molar-refractivity contribution < 1.29 is 31.9 Å². The minimum Gasteiger partial charge on any atom is -0.356 e. The summed E-state index contributed by atoms with van der Waals surface area (Å²) in [6, 6.07) is 10.6. The zero-order valence-corrected chi connectivity index (χ0v) is 20.7. The highest BCUT2D eigenvalue weighted by Gasteiger charge is 2.64. The Hall–Kier alpha value is -2.94. The Bertz CT molecular complexity index is 1190. The first-order valence-electron chi connectivity index (χ1n) is 12.7. The maximum absolute atomic E-state index is 14.7. The van der Waals surface area contributed by atoms with Gasteiger partial charge in [0.1, 0.15) is 5.82 Å². The third-order valence-corrected chi connectivity index (χ3v) is 8.59. The lowest BCUT2D eigenvalue weighted by molar-refractivity contribution is -0.271. The second-order valence-corrected chi connectivity index (χ2v) is 10.5. The second kappa shape index (κ2) is 9.42. The van der Waals surface area contributed by atoms with Crippen molar-refractivity contribution in [2.24, 2.45) is 5.41 Å². The van der Waals surface area contributed by atoms with Gasteiger partial charge >= 0.3 is 6.18 Å². The fraction of sp³-hybridized carbons (Fsp3) is 0.500. The van der Waals surface area contributed by atoms with Crippen LogP contribution in [0.4, 0.5) is 17.6 Å². The number of nitrogens with zero attached hydrogens (tertiary/aromatic N) is 1. The molecule has 2 aliphatic heterocycles. The van der Waals surface area contributed by atoms with Crippen molar-refractivity contribution in [1.82, 2.24) is 10.2 Å². The fourth-order valence-corrected chi connectivity index (χ4v) is 6.53. The van der Waals surface area contributed by atoms with Crippen LogP contribution in [0.3, 0.4) is 0 Å². The van der Waals surface area contributed by atoms with Gasteiger partial charge in [0.25, 0.3) is 11.5 Å². The number of benzene rings is 2. The molecule has 0 bridgehead atoms. The van der Waals surface area contributed by atoms with Crippen LogP contribution in [0.15, 0.2) is 42.5 Å². The number of carbonyl (C=O) groups excluding carboxylic acids is 2. The Labute approximate surface area is 213 Å². The number of ether oxygens (including phenoxy) is 1. The summed E-state index contributed by atoms with van der Waals surface area (Å²) >= 11 is 0. The van der Waals surface area contributed by atoms with Crippen molar-refractivity contribution in [1.29, 1.82) is 0 Å². The second-order valence-electron chi connectivity index (χ2n) is 10.5. The summed E-state index contributed by atoms with van der Waals surface area (Å²) in [7, 11) is 0.931. The van der Waals surface area contributed by atoms with Gasteiger partial charge in [0.2, 0.25) is 5.91 Å². The molecular formula is C28H30F4N2O3. The molecule has 2 aromatic rings. The monoisotopic (exact) mass is 518 g/mol. The van der Waals surface area contributed by atoms with Crippen molar-refractivity contribution in [2.45, 2.75) is 56.2 Å². The minimum absolute atomic E-state index is 0.0654. The van der Waals surface area contributed by atoms with Crippen LogP contribution in [0, 0.1) is 11.2 Å². The van der Waals surface area contributed by atoms with Gasteiger partial charge in [0.15, 0.2) is 0 Å². The smallest absolute Gasteiger partial charge is 0.356 e. The first-order chi connectivity index (χ1) is 17.6. The number of nitrogens with one attached hydrogen (secondary N) is 1. The van der Waals surface area contributed by atoms with Gasteiger partial charge in [-0.1, -0.05) is 30.3 Å². The van der Waals surface area contributed by atoms with E-state index in [9.17, 15) is 27.2 Å². The summed E-state index contributed by atoms with van der Waals surface area (Å²) in [4.78, 5) is 27.3. The maximum atomic E-state index is 14.7. The van der Waals surface area contributed by atoms with Crippen LogP contribution >= 0.6 is 0 Å². The van der Waals surface area contributed by atoms with E-state index in [2.05, 4.69) is 5.32 Å². The van der Waals surface area contributed by atoms with Crippen LogP contribution in [0.2, 0.25) is 0 Å². The minimum atomic E-state index is -4.97. The first-order valence-corrected chi connectivity index (χ1v) is 12.7. The Balaban J connectivity index is 1.43. The molecule has 3 aliphatic rings. The van der Waals surface area contributed by atoms with Gasteiger partial charge in [0, 0.05) is 44.6 Å². The molecule has 1 N–H and O–H groups in total. The van der Waals surface area contributed by atoms with E-state index in [4.69, 9.17) is 4.74 Å². The van der Waals surface area contributed by atoms with E-state index in [0.717, 1.165) is 36.6 Å². The molecular weight excluding hydrogens is 488 g/mol. The number of rotatable bonds is 4. The summed E-state index contributed by atoms with van der Waals surface area (Å²) < 4.78 is 62.7. The third-order valence-electron chi connectivity index (χ3n) is 8.59. The number of halogens is 4. The molecule has 2 fully saturated rings. The number of likely N-dealkylation sites (tertiary alicyclic amines) is 1. The highest BCUT2D eigenvalue weighted by molar-refractivity contribution is 5.88. The topological polar surface area (TPSA) is 58.6 Å². The normalized spacial score (nSPS) is 22.9. The zero-order valence-electron chi connectivity index (χ0n) is 20.7. The molecule has 2 heterocycles. The van der Waals surface area contributed by atoms with Crippen molar-refractivity contribution in [3.8, 4) is 0 Å². The number of carbonyl (C=O) groups is 2. The molecule has 1 spiro atoms. The lowest BCUT2D eigenvalue weighted by Gasteiger charge is -2.50. The lowest BCUT2D eigenvalue weighted by Crippen LogP contribution is -2.60. The molecule has 1 aliphatic carbocycles. The summed E-state index contributed by atoms with van der Waals surface area (Å²) in [5, 5.41) is 2.86. The molecule has 9 heteroatoms. The molecule has 2 aromatic carbocycles. The van der Waals surface area contributed by atoms with Crippen LogP contribution in [-0.4, -0.2) is 49.6 Å².